The van der Waals surface area contributed by atoms with Crippen LogP contribution in [0.3, 0.4) is 0 Å². The SMILES string of the molecule is CC(C)CC(CNCc1ccoc1)N1CCOCC1. The highest BCUT2D eigenvalue weighted by Gasteiger charge is 2.21. The molecule has 0 bridgehead atoms. The topological polar surface area (TPSA) is 37.6 Å². The minimum absolute atomic E-state index is 0.607. The smallest absolute Gasteiger partial charge is 0.0947 e. The highest BCUT2D eigenvalue weighted by atomic mass is 16.5. The molecule has 0 amide bonds. The molecule has 0 aromatic carbocycles. The third-order valence-corrected chi connectivity index (χ3v) is 3.59. The summed E-state index contributed by atoms with van der Waals surface area (Å²) < 4.78 is 10.5. The number of hydrogen-bond acceptors (Lipinski definition) is 4. The first-order valence-electron chi connectivity index (χ1n) is 7.29. The Balaban J connectivity index is 1.79. The number of nitrogens with one attached hydrogen (secondary N) is 1. The summed E-state index contributed by atoms with van der Waals surface area (Å²) in [6.07, 6.45) is 4.77. The van der Waals surface area contributed by atoms with E-state index in [4.69, 9.17) is 9.15 Å². The van der Waals surface area contributed by atoms with Crippen molar-refractivity contribution in [2.45, 2.75) is 32.9 Å². The number of hydrogen-bond donors (Lipinski definition) is 1. The molecule has 1 N–H and O–H groups in total. The van der Waals surface area contributed by atoms with Crippen molar-refractivity contribution in [1.29, 1.82) is 0 Å². The van der Waals surface area contributed by atoms with E-state index in [0.717, 1.165) is 45.3 Å². The highest BCUT2D eigenvalue weighted by Crippen LogP contribution is 2.13. The molecule has 2 heterocycles. The van der Waals surface area contributed by atoms with Gasteiger partial charge in [0.1, 0.15) is 0 Å². The lowest BCUT2D eigenvalue weighted by Gasteiger charge is -2.35. The summed E-state index contributed by atoms with van der Waals surface area (Å²) in [6.45, 7) is 10.4. The number of nitrogens with zero attached hydrogens (tertiary/aromatic N) is 1. The molecule has 1 aromatic heterocycles. The zero-order chi connectivity index (χ0) is 13.5. The molecule has 19 heavy (non-hydrogen) atoms. The molecule has 108 valence electrons. The van der Waals surface area contributed by atoms with Gasteiger partial charge in [-0.05, 0) is 18.4 Å². The molecule has 1 saturated heterocycles. The van der Waals surface area contributed by atoms with Crippen molar-refractivity contribution in [2.24, 2.45) is 5.92 Å². The molecule has 1 aliphatic rings. The molecule has 1 unspecified atom stereocenters. The molecule has 0 radical (unpaired) electrons. The van der Waals surface area contributed by atoms with Crippen LogP contribution >= 0.6 is 0 Å². The van der Waals surface area contributed by atoms with Crippen LogP contribution in [0.4, 0.5) is 0 Å². The third kappa shape index (κ3) is 4.97. The van der Waals surface area contributed by atoms with Gasteiger partial charge < -0.3 is 14.5 Å². The second-order valence-electron chi connectivity index (χ2n) is 5.69. The van der Waals surface area contributed by atoms with Gasteiger partial charge in [0.05, 0.1) is 25.7 Å². The van der Waals surface area contributed by atoms with Gasteiger partial charge in [-0.15, -0.1) is 0 Å². The molecule has 2 rings (SSSR count). The van der Waals surface area contributed by atoms with E-state index in [2.05, 4.69) is 24.1 Å². The lowest BCUT2D eigenvalue weighted by molar-refractivity contribution is 0.0123. The quantitative estimate of drug-likeness (QED) is 0.820. The largest absolute Gasteiger partial charge is 0.472 e. The average Bonchev–Trinajstić information content (AvgIpc) is 2.91. The van der Waals surface area contributed by atoms with Gasteiger partial charge in [0, 0.05) is 37.8 Å². The Bertz CT molecular complexity index is 332. The number of morpholine rings is 1. The number of furan rings is 1. The van der Waals surface area contributed by atoms with Crippen molar-refractivity contribution in [3.63, 3.8) is 0 Å². The second-order valence-corrected chi connectivity index (χ2v) is 5.69. The monoisotopic (exact) mass is 266 g/mol. The Morgan fingerprint density at radius 3 is 2.74 bits per heavy atom. The summed E-state index contributed by atoms with van der Waals surface area (Å²) in [7, 11) is 0. The Kier molecular flexibility index (Phi) is 5.89. The Labute approximate surface area is 116 Å². The number of rotatable bonds is 7. The molecule has 0 saturated carbocycles. The molecule has 0 spiro atoms. The van der Waals surface area contributed by atoms with Gasteiger partial charge in [0.25, 0.3) is 0 Å². The zero-order valence-corrected chi connectivity index (χ0v) is 12.1. The summed E-state index contributed by atoms with van der Waals surface area (Å²) >= 11 is 0. The molecule has 1 fully saturated rings. The normalized spacial score (nSPS) is 18.9. The maximum Gasteiger partial charge on any atom is 0.0947 e. The van der Waals surface area contributed by atoms with Crippen LogP contribution in [0.2, 0.25) is 0 Å². The van der Waals surface area contributed by atoms with Crippen LogP contribution in [0, 0.1) is 5.92 Å². The van der Waals surface area contributed by atoms with Crippen LogP contribution in [0.5, 0.6) is 0 Å². The fourth-order valence-electron chi connectivity index (χ4n) is 2.62. The standard InChI is InChI=1S/C15H26N2O2/c1-13(2)9-15(17-4-7-18-8-5-17)11-16-10-14-3-6-19-12-14/h3,6,12-13,15-16H,4-5,7-11H2,1-2H3. The summed E-state index contributed by atoms with van der Waals surface area (Å²) in [5.41, 5.74) is 1.21. The van der Waals surface area contributed by atoms with E-state index in [1.165, 1.54) is 12.0 Å². The maximum absolute atomic E-state index is 5.44. The molecule has 4 nitrogen and oxygen atoms in total. The van der Waals surface area contributed by atoms with Gasteiger partial charge in [-0.25, -0.2) is 0 Å². The second kappa shape index (κ2) is 7.68. The molecule has 1 aromatic rings. The van der Waals surface area contributed by atoms with Crippen LogP contribution < -0.4 is 5.32 Å². The first-order chi connectivity index (χ1) is 9.25. The van der Waals surface area contributed by atoms with E-state index in [1.54, 1.807) is 12.5 Å². The van der Waals surface area contributed by atoms with Crippen LogP contribution in [-0.2, 0) is 11.3 Å². The van der Waals surface area contributed by atoms with Crippen LogP contribution in [0.15, 0.2) is 23.0 Å². The summed E-state index contributed by atoms with van der Waals surface area (Å²) in [5, 5.41) is 3.55. The summed E-state index contributed by atoms with van der Waals surface area (Å²) in [6, 6.07) is 2.62. The van der Waals surface area contributed by atoms with E-state index in [0.29, 0.717) is 6.04 Å². The maximum atomic E-state index is 5.44. The lowest BCUT2D eigenvalue weighted by atomic mass is 10.0. The van der Waals surface area contributed by atoms with E-state index in [9.17, 15) is 0 Å². The van der Waals surface area contributed by atoms with E-state index < -0.39 is 0 Å². The van der Waals surface area contributed by atoms with Gasteiger partial charge in [0.15, 0.2) is 0 Å². The van der Waals surface area contributed by atoms with E-state index >= 15 is 0 Å². The number of ether oxygens (including phenoxy) is 1. The van der Waals surface area contributed by atoms with Crippen molar-refractivity contribution < 1.29 is 9.15 Å². The fraction of sp³-hybridized carbons (Fsp3) is 0.733. The summed E-state index contributed by atoms with van der Waals surface area (Å²) in [5.74, 6) is 0.726. The minimum atomic E-state index is 0.607. The van der Waals surface area contributed by atoms with Gasteiger partial charge in [0.2, 0.25) is 0 Å². The first kappa shape index (κ1) is 14.6. The lowest BCUT2D eigenvalue weighted by Crippen LogP contribution is -2.48. The zero-order valence-electron chi connectivity index (χ0n) is 12.1. The van der Waals surface area contributed by atoms with Crippen LogP contribution in [0.1, 0.15) is 25.8 Å². The molecular weight excluding hydrogens is 240 g/mol. The van der Waals surface area contributed by atoms with Crippen molar-refractivity contribution in [1.82, 2.24) is 10.2 Å². The Morgan fingerprint density at radius 2 is 2.11 bits per heavy atom. The molecule has 4 heteroatoms. The van der Waals surface area contributed by atoms with Crippen molar-refractivity contribution in [2.75, 3.05) is 32.8 Å². The van der Waals surface area contributed by atoms with Crippen LogP contribution in [-0.4, -0.2) is 43.8 Å². The molecular formula is C15H26N2O2. The van der Waals surface area contributed by atoms with E-state index in [-0.39, 0.29) is 0 Å². The van der Waals surface area contributed by atoms with Crippen molar-refractivity contribution in [3.05, 3.63) is 24.2 Å². The van der Waals surface area contributed by atoms with Crippen LogP contribution in [0.25, 0.3) is 0 Å². The van der Waals surface area contributed by atoms with Crippen molar-refractivity contribution >= 4 is 0 Å². The van der Waals surface area contributed by atoms with E-state index in [1.807, 2.05) is 6.07 Å². The first-order valence-corrected chi connectivity index (χ1v) is 7.29. The van der Waals surface area contributed by atoms with Gasteiger partial charge >= 0.3 is 0 Å². The summed E-state index contributed by atoms with van der Waals surface area (Å²) in [4.78, 5) is 2.56. The highest BCUT2D eigenvalue weighted by molar-refractivity contribution is 5.04. The predicted molar refractivity (Wildman–Crippen MR) is 76.0 cm³/mol. The minimum Gasteiger partial charge on any atom is -0.472 e. The average molecular weight is 266 g/mol. The third-order valence-electron chi connectivity index (χ3n) is 3.59. The predicted octanol–water partition coefficient (Wildman–Crippen LogP) is 2.12. The Hall–Kier alpha value is -0.840. The van der Waals surface area contributed by atoms with Crippen molar-refractivity contribution in [3.8, 4) is 0 Å². The van der Waals surface area contributed by atoms with Gasteiger partial charge in [-0.2, -0.15) is 0 Å². The van der Waals surface area contributed by atoms with Gasteiger partial charge in [-0.3, -0.25) is 4.90 Å². The Morgan fingerprint density at radius 1 is 1.32 bits per heavy atom. The molecule has 1 atom stereocenters. The molecule has 0 aliphatic carbocycles. The molecule has 1 aliphatic heterocycles. The fourth-order valence-corrected chi connectivity index (χ4v) is 2.62. The van der Waals surface area contributed by atoms with Gasteiger partial charge in [-0.1, -0.05) is 13.8 Å².